The molecule has 5 aromatic rings. The van der Waals surface area contributed by atoms with E-state index in [1.54, 1.807) is 24.0 Å². The number of benzene rings is 3. The van der Waals surface area contributed by atoms with Crippen LogP contribution in [0, 0.1) is 23.0 Å². The summed E-state index contributed by atoms with van der Waals surface area (Å²) in [4.78, 5) is 26.7. The van der Waals surface area contributed by atoms with Crippen molar-refractivity contribution in [1.29, 1.82) is 0 Å². The number of aromatic amines is 1. The van der Waals surface area contributed by atoms with Gasteiger partial charge in [-0.1, -0.05) is 51.5 Å². The third-order valence-corrected chi connectivity index (χ3v) is 12.6. The topological polar surface area (TPSA) is 113 Å². The van der Waals surface area contributed by atoms with Crippen LogP contribution in [0.3, 0.4) is 0 Å². The highest BCUT2D eigenvalue weighted by Crippen LogP contribution is 2.41. The van der Waals surface area contributed by atoms with Gasteiger partial charge in [-0.05, 0) is 98.8 Å². The van der Waals surface area contributed by atoms with Gasteiger partial charge < -0.3 is 19.2 Å². The number of hydroxylamine groups is 1. The van der Waals surface area contributed by atoms with Crippen molar-refractivity contribution in [3.63, 3.8) is 0 Å². The number of ether oxygens (including phenoxy) is 3. The number of H-pyrrole nitrogens is 1. The number of amides is 1. The Kier molecular flexibility index (Phi) is 11.8. The van der Waals surface area contributed by atoms with E-state index in [9.17, 15) is 4.79 Å². The Morgan fingerprint density at radius 1 is 1.09 bits per heavy atom. The first-order valence-electron chi connectivity index (χ1n) is 19.7. The SMILES string of the molecule is CC(Cc1cccc(C2(C)CCCC(C)(C)CSCCc3c(c(F)cc4[nH]ccc34)Oc3ccc(F)c(c3)-c3nc2nn3C)c1)C(=O)NOCC1COC(C)(C)O1. The van der Waals surface area contributed by atoms with Gasteiger partial charge in [-0.3, -0.25) is 9.63 Å². The molecule has 2 N–H and O–H groups in total. The van der Waals surface area contributed by atoms with Gasteiger partial charge in [-0.2, -0.15) is 16.9 Å². The minimum Gasteiger partial charge on any atom is -0.454 e. The predicted molar refractivity (Wildman–Crippen MR) is 218 cm³/mol. The molecular formula is C44H53F2N5O5S. The molecule has 1 amide bonds. The summed E-state index contributed by atoms with van der Waals surface area (Å²) in [6, 6.07) is 16.0. The lowest BCUT2D eigenvalue weighted by molar-refractivity contribution is -0.154. The van der Waals surface area contributed by atoms with E-state index in [1.165, 1.54) is 18.2 Å². The van der Waals surface area contributed by atoms with Crippen molar-refractivity contribution in [1.82, 2.24) is 25.2 Å². The van der Waals surface area contributed by atoms with Crippen LogP contribution in [0.2, 0.25) is 0 Å². The number of rotatable bonds is 7. The number of hydrogen-bond acceptors (Lipinski definition) is 8. The molecule has 4 heterocycles. The van der Waals surface area contributed by atoms with Crippen molar-refractivity contribution in [2.24, 2.45) is 18.4 Å². The third kappa shape index (κ3) is 9.22. The van der Waals surface area contributed by atoms with E-state index in [-0.39, 0.29) is 41.3 Å². The molecular weight excluding hydrogens is 749 g/mol. The Bertz CT molecular complexity index is 2240. The van der Waals surface area contributed by atoms with Crippen LogP contribution in [-0.4, -0.2) is 62.3 Å². The van der Waals surface area contributed by atoms with Crippen LogP contribution in [0.5, 0.6) is 11.5 Å². The number of carbonyl (C=O) groups excluding carboxylic acids is 1. The average Bonchev–Trinajstić information content (AvgIpc) is 3.89. The van der Waals surface area contributed by atoms with Crippen LogP contribution in [0.1, 0.15) is 83.3 Å². The summed E-state index contributed by atoms with van der Waals surface area (Å²) < 4.78 is 50.7. The molecule has 57 heavy (non-hydrogen) atoms. The third-order valence-electron chi connectivity index (χ3n) is 11.1. The predicted octanol–water partition coefficient (Wildman–Crippen LogP) is 9.20. The molecule has 3 unspecified atom stereocenters. The molecule has 2 aliphatic heterocycles. The first-order chi connectivity index (χ1) is 27.1. The lowest BCUT2D eigenvalue weighted by atomic mass is 9.75. The first kappa shape index (κ1) is 40.9. The number of halogens is 2. The molecule has 0 radical (unpaired) electrons. The number of thioether (sulfide) groups is 1. The minimum atomic E-state index is -0.666. The maximum Gasteiger partial charge on any atom is 0.246 e. The van der Waals surface area contributed by atoms with Gasteiger partial charge in [0.15, 0.2) is 29.0 Å². The second-order valence-corrected chi connectivity index (χ2v) is 18.0. The molecule has 2 aromatic heterocycles. The van der Waals surface area contributed by atoms with Gasteiger partial charge in [-0.25, -0.2) is 23.9 Å². The summed E-state index contributed by atoms with van der Waals surface area (Å²) in [7, 11) is 1.76. The van der Waals surface area contributed by atoms with E-state index in [1.807, 2.05) is 50.7 Å². The van der Waals surface area contributed by atoms with E-state index in [2.05, 4.69) is 43.4 Å². The summed E-state index contributed by atoms with van der Waals surface area (Å²) in [6.45, 7) is 12.9. The summed E-state index contributed by atoms with van der Waals surface area (Å²) in [5, 5.41) is 5.84. The fourth-order valence-electron chi connectivity index (χ4n) is 7.83. The van der Waals surface area contributed by atoms with Gasteiger partial charge in [0, 0.05) is 41.7 Å². The highest BCUT2D eigenvalue weighted by atomic mass is 32.2. The Balaban J connectivity index is 1.18. The van der Waals surface area contributed by atoms with Crippen LogP contribution in [0.4, 0.5) is 8.78 Å². The molecule has 3 atom stereocenters. The Hall–Kier alpha value is -4.30. The summed E-state index contributed by atoms with van der Waals surface area (Å²) in [5.41, 5.74) is 5.62. The fourth-order valence-corrected chi connectivity index (χ4v) is 9.02. The van der Waals surface area contributed by atoms with E-state index in [4.69, 9.17) is 29.1 Å². The minimum absolute atomic E-state index is 0.0186. The van der Waals surface area contributed by atoms with Crippen molar-refractivity contribution in [3.05, 3.63) is 94.9 Å². The van der Waals surface area contributed by atoms with Gasteiger partial charge in [0.2, 0.25) is 5.91 Å². The zero-order valence-corrected chi connectivity index (χ0v) is 34.7. The molecule has 0 spiro atoms. The highest BCUT2D eigenvalue weighted by molar-refractivity contribution is 7.99. The molecule has 3 aromatic carbocycles. The van der Waals surface area contributed by atoms with Gasteiger partial charge in [-0.15, -0.1) is 0 Å². The average molecular weight is 802 g/mol. The van der Waals surface area contributed by atoms with E-state index >= 15 is 8.78 Å². The first-order valence-corrected chi connectivity index (χ1v) is 20.8. The maximum absolute atomic E-state index is 15.7. The largest absolute Gasteiger partial charge is 0.454 e. The molecule has 7 rings (SSSR count). The summed E-state index contributed by atoms with van der Waals surface area (Å²) in [6.07, 6.45) is 5.22. The van der Waals surface area contributed by atoms with E-state index < -0.39 is 22.8 Å². The zero-order chi connectivity index (χ0) is 40.5. The lowest BCUT2D eigenvalue weighted by Gasteiger charge is -2.31. The highest BCUT2D eigenvalue weighted by Gasteiger charge is 2.36. The number of hydrogen-bond donors (Lipinski definition) is 2. The zero-order valence-electron chi connectivity index (χ0n) is 33.8. The molecule has 13 heteroatoms. The molecule has 0 aliphatic carbocycles. The normalized spacial score (nSPS) is 21.6. The van der Waals surface area contributed by atoms with Gasteiger partial charge in [0.1, 0.15) is 24.3 Å². The van der Waals surface area contributed by atoms with Crippen molar-refractivity contribution >= 4 is 28.6 Å². The molecule has 0 saturated carbocycles. The molecule has 10 nitrogen and oxygen atoms in total. The second kappa shape index (κ2) is 16.5. The second-order valence-electron chi connectivity index (χ2n) is 16.9. The maximum atomic E-state index is 15.7. The van der Waals surface area contributed by atoms with Crippen LogP contribution in [-0.2, 0) is 44.4 Å². The summed E-state index contributed by atoms with van der Waals surface area (Å²) in [5.74, 6) is 0.794. The molecule has 2 aliphatic rings. The number of aromatic nitrogens is 4. The quantitative estimate of drug-likeness (QED) is 0.157. The van der Waals surface area contributed by atoms with Crippen molar-refractivity contribution in [3.8, 4) is 22.9 Å². The van der Waals surface area contributed by atoms with E-state index in [0.29, 0.717) is 42.4 Å². The van der Waals surface area contributed by atoms with Crippen molar-refractivity contribution in [2.75, 3.05) is 24.7 Å². The van der Waals surface area contributed by atoms with Crippen LogP contribution >= 0.6 is 11.8 Å². The number of nitrogens with one attached hydrogen (secondary N) is 2. The van der Waals surface area contributed by atoms with Crippen LogP contribution < -0.4 is 10.2 Å². The number of carbonyl (C=O) groups is 1. The Morgan fingerprint density at radius 2 is 1.91 bits per heavy atom. The van der Waals surface area contributed by atoms with Gasteiger partial charge in [0.25, 0.3) is 0 Å². The molecule has 1 fully saturated rings. The monoisotopic (exact) mass is 801 g/mol. The Morgan fingerprint density at radius 3 is 2.70 bits per heavy atom. The lowest BCUT2D eigenvalue weighted by Crippen LogP contribution is -2.34. The van der Waals surface area contributed by atoms with Gasteiger partial charge >= 0.3 is 0 Å². The smallest absolute Gasteiger partial charge is 0.246 e. The summed E-state index contributed by atoms with van der Waals surface area (Å²) >= 11 is 1.85. The van der Waals surface area contributed by atoms with E-state index in [0.717, 1.165) is 52.8 Å². The molecule has 304 valence electrons. The number of fused-ring (bicyclic) bond motifs is 8. The van der Waals surface area contributed by atoms with Crippen molar-refractivity contribution < 1.29 is 32.6 Å². The fraction of sp³-hybridized carbons (Fsp3) is 0.477. The standard InChI is InChI=1S/C44H53F2N5O5S/c1-27(40(52)50-54-25-31-24-53-43(4,5)56-31)20-28-10-8-11-29(21-28)44(6)17-9-16-42(2,3)26-57-19-15-33-32-14-18-47-37(32)23-36(46)38(33)55-30-12-13-35(45)34(22-30)39-48-41(44)49-51(39)7/h8,10-14,18,21-23,27,31,47H,9,15-17,19-20,24-26H2,1-7H3,(H,50,52). The van der Waals surface area contributed by atoms with Crippen molar-refractivity contribution in [2.45, 2.75) is 91.0 Å². The Labute approximate surface area is 337 Å². The van der Waals surface area contributed by atoms with Gasteiger partial charge in [0.05, 0.1) is 17.6 Å². The van der Waals surface area contributed by atoms with Crippen LogP contribution in [0.25, 0.3) is 22.3 Å². The molecule has 4 bridgehead atoms. The molecule has 1 saturated heterocycles. The number of aryl methyl sites for hydroxylation is 2. The van der Waals surface area contributed by atoms with Crippen LogP contribution in [0.15, 0.2) is 60.8 Å². The number of nitrogens with zero attached hydrogens (tertiary/aromatic N) is 3.